The fourth-order valence-electron chi connectivity index (χ4n) is 2.98. The zero-order valence-electron chi connectivity index (χ0n) is 11.9. The first-order valence-electron chi connectivity index (χ1n) is 7.19. The zero-order chi connectivity index (χ0) is 13.8. The summed E-state index contributed by atoms with van der Waals surface area (Å²) < 4.78 is 22.0. The molecule has 1 atom stereocenters. The SMILES string of the molecule is COCc1cc(COC2COC3(CCNCC3)C2)no1. The number of nitrogens with zero attached hydrogens (tertiary/aromatic N) is 1. The van der Waals surface area contributed by atoms with E-state index in [0.29, 0.717) is 19.8 Å². The van der Waals surface area contributed by atoms with Crippen molar-refractivity contribution in [3.63, 3.8) is 0 Å². The first-order valence-corrected chi connectivity index (χ1v) is 7.19. The van der Waals surface area contributed by atoms with Crippen LogP contribution in [0.1, 0.15) is 30.7 Å². The summed E-state index contributed by atoms with van der Waals surface area (Å²) in [6, 6.07) is 1.87. The number of nitrogens with one attached hydrogen (secondary N) is 1. The Morgan fingerprint density at radius 3 is 3.05 bits per heavy atom. The fraction of sp³-hybridized carbons (Fsp3) is 0.786. The molecule has 1 aromatic heterocycles. The molecule has 3 rings (SSSR count). The monoisotopic (exact) mass is 282 g/mol. The van der Waals surface area contributed by atoms with E-state index in [1.54, 1.807) is 7.11 Å². The molecule has 1 aromatic rings. The van der Waals surface area contributed by atoms with Crippen molar-refractivity contribution >= 4 is 0 Å². The van der Waals surface area contributed by atoms with Crippen molar-refractivity contribution in [2.75, 3.05) is 26.8 Å². The van der Waals surface area contributed by atoms with Crippen LogP contribution in [0.5, 0.6) is 0 Å². The third kappa shape index (κ3) is 3.20. The van der Waals surface area contributed by atoms with E-state index in [1.807, 2.05) is 6.07 Å². The van der Waals surface area contributed by atoms with Crippen LogP contribution >= 0.6 is 0 Å². The Bertz CT molecular complexity index is 429. The molecule has 1 N–H and O–H groups in total. The highest BCUT2D eigenvalue weighted by molar-refractivity contribution is 5.03. The molecule has 6 nitrogen and oxygen atoms in total. The van der Waals surface area contributed by atoms with Gasteiger partial charge in [-0.2, -0.15) is 0 Å². The van der Waals surface area contributed by atoms with Crippen molar-refractivity contribution in [3.8, 4) is 0 Å². The van der Waals surface area contributed by atoms with Crippen molar-refractivity contribution in [3.05, 3.63) is 17.5 Å². The van der Waals surface area contributed by atoms with Crippen LogP contribution in [0.2, 0.25) is 0 Å². The van der Waals surface area contributed by atoms with Gasteiger partial charge < -0.3 is 24.1 Å². The maximum absolute atomic E-state index is 6.00. The largest absolute Gasteiger partial charge is 0.377 e. The molecule has 0 bridgehead atoms. The van der Waals surface area contributed by atoms with Gasteiger partial charge in [0.25, 0.3) is 0 Å². The minimum absolute atomic E-state index is 0.0426. The van der Waals surface area contributed by atoms with Crippen LogP contribution in [0, 0.1) is 0 Å². The average Bonchev–Trinajstić information content (AvgIpc) is 3.06. The summed E-state index contributed by atoms with van der Waals surface area (Å²) in [4.78, 5) is 0. The van der Waals surface area contributed by atoms with Crippen LogP contribution in [-0.4, -0.2) is 43.7 Å². The molecular formula is C14H22N2O4. The number of aromatic nitrogens is 1. The standard InChI is InChI=1S/C14H22N2O4/c1-17-9-12-6-11(16-20-12)8-18-13-7-14(19-10-13)2-4-15-5-3-14/h6,13,15H,2-5,7-10H2,1H3. The van der Waals surface area contributed by atoms with E-state index in [2.05, 4.69) is 10.5 Å². The van der Waals surface area contributed by atoms with Crippen LogP contribution in [0.15, 0.2) is 10.6 Å². The Labute approximate surface area is 118 Å². The average molecular weight is 282 g/mol. The smallest absolute Gasteiger partial charge is 0.162 e. The quantitative estimate of drug-likeness (QED) is 0.877. The van der Waals surface area contributed by atoms with Crippen LogP contribution in [-0.2, 0) is 27.4 Å². The molecule has 3 heterocycles. The van der Waals surface area contributed by atoms with Gasteiger partial charge in [0.1, 0.15) is 12.3 Å². The molecule has 0 amide bonds. The molecule has 2 fully saturated rings. The maximum atomic E-state index is 6.00. The van der Waals surface area contributed by atoms with Gasteiger partial charge in [0.15, 0.2) is 5.76 Å². The lowest BCUT2D eigenvalue weighted by Gasteiger charge is -2.32. The highest BCUT2D eigenvalue weighted by Crippen LogP contribution is 2.35. The zero-order valence-corrected chi connectivity index (χ0v) is 11.9. The van der Waals surface area contributed by atoms with Crippen LogP contribution in [0.4, 0.5) is 0 Å². The predicted octanol–water partition coefficient (Wildman–Crippen LogP) is 1.25. The summed E-state index contributed by atoms with van der Waals surface area (Å²) >= 11 is 0. The lowest BCUT2D eigenvalue weighted by Crippen LogP contribution is -2.41. The minimum atomic E-state index is 0.0426. The summed E-state index contributed by atoms with van der Waals surface area (Å²) in [5.41, 5.74) is 0.851. The van der Waals surface area contributed by atoms with Crippen molar-refractivity contribution in [1.82, 2.24) is 10.5 Å². The third-order valence-electron chi connectivity index (χ3n) is 4.05. The van der Waals surface area contributed by atoms with E-state index in [4.69, 9.17) is 18.7 Å². The van der Waals surface area contributed by atoms with Gasteiger partial charge in [-0.05, 0) is 25.9 Å². The first-order chi connectivity index (χ1) is 9.80. The number of hydrogen-bond donors (Lipinski definition) is 1. The molecule has 1 spiro atoms. The number of hydrogen-bond acceptors (Lipinski definition) is 6. The van der Waals surface area contributed by atoms with Crippen molar-refractivity contribution in [1.29, 1.82) is 0 Å². The van der Waals surface area contributed by atoms with Gasteiger partial charge in [-0.3, -0.25) is 0 Å². The summed E-state index contributed by atoms with van der Waals surface area (Å²) in [7, 11) is 1.63. The Kier molecular flexibility index (Phi) is 4.35. The van der Waals surface area contributed by atoms with E-state index in [1.165, 1.54) is 0 Å². The molecule has 2 aliphatic rings. The number of methoxy groups -OCH3 is 1. The molecule has 1 unspecified atom stereocenters. The molecule has 0 aromatic carbocycles. The van der Waals surface area contributed by atoms with Gasteiger partial charge >= 0.3 is 0 Å². The van der Waals surface area contributed by atoms with Crippen molar-refractivity contribution in [2.24, 2.45) is 0 Å². The van der Waals surface area contributed by atoms with Gasteiger partial charge in [0, 0.05) is 19.6 Å². The Balaban J connectivity index is 1.47. The minimum Gasteiger partial charge on any atom is -0.377 e. The number of rotatable bonds is 5. The summed E-state index contributed by atoms with van der Waals surface area (Å²) in [5.74, 6) is 0.726. The highest BCUT2D eigenvalue weighted by Gasteiger charge is 2.41. The maximum Gasteiger partial charge on any atom is 0.162 e. The van der Waals surface area contributed by atoms with E-state index in [0.717, 1.165) is 43.8 Å². The number of piperidine rings is 1. The second-order valence-electron chi connectivity index (χ2n) is 5.60. The molecule has 0 radical (unpaired) electrons. The summed E-state index contributed by atoms with van der Waals surface area (Å²) in [6.07, 6.45) is 3.30. The molecule has 112 valence electrons. The Morgan fingerprint density at radius 1 is 1.40 bits per heavy atom. The second-order valence-corrected chi connectivity index (χ2v) is 5.60. The molecule has 0 aliphatic carbocycles. The predicted molar refractivity (Wildman–Crippen MR) is 71.2 cm³/mol. The molecule has 2 saturated heterocycles. The van der Waals surface area contributed by atoms with Crippen molar-refractivity contribution < 1.29 is 18.7 Å². The van der Waals surface area contributed by atoms with E-state index in [9.17, 15) is 0 Å². The normalized spacial score (nSPS) is 25.4. The molecular weight excluding hydrogens is 260 g/mol. The lowest BCUT2D eigenvalue weighted by atomic mass is 9.89. The number of ether oxygens (including phenoxy) is 3. The van der Waals surface area contributed by atoms with E-state index >= 15 is 0 Å². The van der Waals surface area contributed by atoms with Crippen LogP contribution in [0.3, 0.4) is 0 Å². The van der Waals surface area contributed by atoms with Gasteiger partial charge in [-0.25, -0.2) is 0 Å². The Morgan fingerprint density at radius 2 is 2.25 bits per heavy atom. The van der Waals surface area contributed by atoms with Gasteiger partial charge in [-0.15, -0.1) is 0 Å². The fourth-order valence-corrected chi connectivity index (χ4v) is 2.98. The lowest BCUT2D eigenvalue weighted by molar-refractivity contribution is -0.0242. The molecule has 20 heavy (non-hydrogen) atoms. The van der Waals surface area contributed by atoms with E-state index < -0.39 is 0 Å². The van der Waals surface area contributed by atoms with Gasteiger partial charge in [0.05, 0.1) is 24.9 Å². The van der Waals surface area contributed by atoms with Crippen molar-refractivity contribution in [2.45, 2.75) is 44.2 Å². The van der Waals surface area contributed by atoms with Crippen LogP contribution < -0.4 is 5.32 Å². The summed E-state index contributed by atoms with van der Waals surface area (Å²) in [6.45, 7) is 3.67. The highest BCUT2D eigenvalue weighted by atomic mass is 16.6. The Hall–Kier alpha value is -0.950. The van der Waals surface area contributed by atoms with E-state index in [-0.39, 0.29) is 11.7 Å². The topological polar surface area (TPSA) is 65.8 Å². The molecule has 0 saturated carbocycles. The second kappa shape index (κ2) is 6.22. The molecule has 6 heteroatoms. The summed E-state index contributed by atoms with van der Waals surface area (Å²) in [5, 5.41) is 7.34. The van der Waals surface area contributed by atoms with Gasteiger partial charge in [-0.1, -0.05) is 5.16 Å². The van der Waals surface area contributed by atoms with Gasteiger partial charge in [0.2, 0.25) is 0 Å². The third-order valence-corrected chi connectivity index (χ3v) is 4.05. The first kappa shape index (κ1) is 14.0. The molecule has 2 aliphatic heterocycles. The van der Waals surface area contributed by atoms with Crippen LogP contribution in [0.25, 0.3) is 0 Å².